The van der Waals surface area contributed by atoms with E-state index >= 15 is 0 Å². The maximum atomic E-state index is 10.9. The third-order valence-electron chi connectivity index (χ3n) is 1.29. The summed E-state index contributed by atoms with van der Waals surface area (Å²) in [6.07, 6.45) is 0. The highest BCUT2D eigenvalue weighted by Gasteiger charge is 2.14. The fourth-order valence-electron chi connectivity index (χ4n) is 0.822. The predicted molar refractivity (Wildman–Crippen MR) is 34.2 cm³/mol. The first-order valence-corrected chi connectivity index (χ1v) is 2.90. The summed E-state index contributed by atoms with van der Waals surface area (Å²) in [6.45, 7) is 0. The smallest absolute Gasteiger partial charge is 0.329 e. The molecule has 2 aromatic heterocycles. The van der Waals surface area contributed by atoms with E-state index in [1.54, 1.807) is 0 Å². The van der Waals surface area contributed by atoms with Crippen LogP contribution in [0.5, 0.6) is 0 Å². The van der Waals surface area contributed by atoms with E-state index in [0.29, 0.717) is 0 Å². The van der Waals surface area contributed by atoms with Crippen LogP contribution in [-0.4, -0.2) is 15.1 Å². The summed E-state index contributed by atoms with van der Waals surface area (Å²) in [7, 11) is 0. The lowest BCUT2D eigenvalue weighted by atomic mass is 10.5. The maximum absolute atomic E-state index is 10.9. The molecule has 0 aromatic carbocycles. The minimum absolute atomic E-state index is 0.0793. The number of fused-ring (bicyclic) bond motifs is 1. The number of hydrogen-bond donors (Lipinski definition) is 2. The van der Waals surface area contributed by atoms with Crippen molar-refractivity contribution in [2.75, 3.05) is 0 Å². The molecule has 8 nitrogen and oxygen atoms in total. The number of H-pyrrole nitrogens is 2. The topological polar surface area (TPSA) is 119 Å². The summed E-state index contributed by atoms with van der Waals surface area (Å²) < 4.78 is 4.07. The van der Waals surface area contributed by atoms with Gasteiger partial charge < -0.3 is 5.21 Å². The Kier molecular flexibility index (Phi) is 1.06. The molecule has 0 aliphatic rings. The summed E-state index contributed by atoms with van der Waals surface area (Å²) in [5.74, 6) is 0. The molecule has 0 fully saturated rings. The number of nitrogens with one attached hydrogen (secondary N) is 2. The van der Waals surface area contributed by atoms with Crippen LogP contribution in [0.1, 0.15) is 0 Å². The van der Waals surface area contributed by atoms with Crippen molar-refractivity contribution >= 4 is 11.2 Å². The molecule has 0 amide bonds. The van der Waals surface area contributed by atoms with Crippen LogP contribution in [0.2, 0.25) is 0 Å². The van der Waals surface area contributed by atoms with Crippen LogP contribution in [0.3, 0.4) is 0 Å². The summed E-state index contributed by atoms with van der Waals surface area (Å²) >= 11 is 0. The molecule has 8 heteroatoms. The standard InChI is InChI=1S/C4H2N4O4/c9-3-1-2(5-4(10)6-3)7-12-8(1)11/h(H2,5,6,7,9,10). The Morgan fingerprint density at radius 1 is 1.42 bits per heavy atom. The molecule has 2 aromatic rings. The molecule has 0 radical (unpaired) electrons. The maximum Gasteiger partial charge on any atom is 0.329 e. The van der Waals surface area contributed by atoms with Crippen LogP contribution in [0.4, 0.5) is 0 Å². The van der Waals surface area contributed by atoms with E-state index in [1.807, 2.05) is 4.98 Å². The van der Waals surface area contributed by atoms with Crippen LogP contribution in [0, 0.1) is 5.21 Å². The second-order valence-electron chi connectivity index (χ2n) is 2.04. The molecule has 0 aliphatic heterocycles. The molecule has 12 heavy (non-hydrogen) atoms. The van der Waals surface area contributed by atoms with Gasteiger partial charge in [0, 0.05) is 0 Å². The Hall–Kier alpha value is -2.12. The lowest BCUT2D eigenvalue weighted by Gasteiger charge is -1.82. The minimum atomic E-state index is -0.829. The van der Waals surface area contributed by atoms with Gasteiger partial charge in [-0.1, -0.05) is 0 Å². The number of hydrogen-bond acceptors (Lipinski definition) is 5. The van der Waals surface area contributed by atoms with Crippen LogP contribution in [0.25, 0.3) is 11.2 Å². The van der Waals surface area contributed by atoms with E-state index in [1.165, 1.54) is 0 Å². The average molecular weight is 170 g/mol. The van der Waals surface area contributed by atoms with Crippen molar-refractivity contribution in [1.29, 1.82) is 0 Å². The molecule has 2 rings (SSSR count). The molecule has 0 aliphatic carbocycles. The molecule has 2 N–H and O–H groups in total. The highest BCUT2D eigenvalue weighted by atomic mass is 16.8. The van der Waals surface area contributed by atoms with E-state index in [9.17, 15) is 14.8 Å². The Morgan fingerprint density at radius 2 is 2.17 bits per heavy atom. The SMILES string of the molecule is O=c1[nH]c(=O)c2c(no[n+]2[O-])[nH]1. The van der Waals surface area contributed by atoms with Gasteiger partial charge in [0.25, 0.3) is 0 Å². The zero-order valence-electron chi connectivity index (χ0n) is 5.53. The first-order valence-electron chi connectivity index (χ1n) is 2.90. The molecule has 2 heterocycles. The molecule has 62 valence electrons. The van der Waals surface area contributed by atoms with Crippen LogP contribution >= 0.6 is 0 Å². The molecule has 0 atom stereocenters. The first-order chi connectivity index (χ1) is 5.68. The Morgan fingerprint density at radius 3 is 2.92 bits per heavy atom. The molecular weight excluding hydrogens is 168 g/mol. The monoisotopic (exact) mass is 170 g/mol. The van der Waals surface area contributed by atoms with Crippen molar-refractivity contribution in [3.8, 4) is 0 Å². The second kappa shape index (κ2) is 1.94. The molecule has 0 saturated carbocycles. The van der Waals surface area contributed by atoms with E-state index in [4.69, 9.17) is 0 Å². The number of rotatable bonds is 0. The largest absolute Gasteiger partial charge is 0.359 e. The zero-order valence-corrected chi connectivity index (χ0v) is 5.53. The third kappa shape index (κ3) is 0.713. The highest BCUT2D eigenvalue weighted by molar-refractivity contribution is 5.62. The Balaban J connectivity index is 3.13. The van der Waals surface area contributed by atoms with Gasteiger partial charge in [-0.05, 0) is 4.90 Å². The Bertz CT molecular complexity index is 534. The lowest BCUT2D eigenvalue weighted by Crippen LogP contribution is -2.32. The Labute approximate surface area is 63.0 Å². The van der Waals surface area contributed by atoms with Crippen molar-refractivity contribution < 1.29 is 9.53 Å². The van der Waals surface area contributed by atoms with E-state index < -0.39 is 11.2 Å². The molecule has 0 unspecified atom stereocenters. The minimum Gasteiger partial charge on any atom is -0.359 e. The van der Waals surface area contributed by atoms with Gasteiger partial charge >= 0.3 is 22.4 Å². The normalized spacial score (nSPS) is 10.7. The van der Waals surface area contributed by atoms with Crippen LogP contribution in [-0.2, 0) is 0 Å². The van der Waals surface area contributed by atoms with Crippen LogP contribution in [0.15, 0.2) is 14.2 Å². The summed E-state index contributed by atoms with van der Waals surface area (Å²) in [4.78, 5) is 25.4. The number of aromatic nitrogens is 4. The molecule has 0 bridgehead atoms. The number of aromatic amines is 2. The van der Waals surface area contributed by atoms with Gasteiger partial charge in [-0.25, -0.2) is 4.79 Å². The quantitative estimate of drug-likeness (QED) is 0.436. The zero-order chi connectivity index (χ0) is 8.72. The van der Waals surface area contributed by atoms with Crippen molar-refractivity contribution in [2.24, 2.45) is 0 Å². The van der Waals surface area contributed by atoms with Crippen molar-refractivity contribution in [2.45, 2.75) is 0 Å². The van der Waals surface area contributed by atoms with Gasteiger partial charge in [-0.3, -0.25) is 19.4 Å². The lowest BCUT2D eigenvalue weighted by molar-refractivity contribution is -0.782. The first kappa shape index (κ1) is 6.58. The summed E-state index contributed by atoms with van der Waals surface area (Å²) in [6, 6.07) is 0. The third-order valence-corrected chi connectivity index (χ3v) is 1.29. The van der Waals surface area contributed by atoms with Gasteiger partial charge in [0.2, 0.25) is 0 Å². The summed E-state index contributed by atoms with van der Waals surface area (Å²) in [5, 5.41) is 13.8. The number of nitrogens with zero attached hydrogens (tertiary/aromatic N) is 2. The molecule has 0 spiro atoms. The van der Waals surface area contributed by atoms with E-state index in [0.717, 1.165) is 0 Å². The molecular formula is C4H2N4O4. The highest BCUT2D eigenvalue weighted by Crippen LogP contribution is 1.90. The van der Waals surface area contributed by atoms with E-state index in [2.05, 4.69) is 14.8 Å². The van der Waals surface area contributed by atoms with E-state index in [-0.39, 0.29) is 16.1 Å². The van der Waals surface area contributed by atoms with Gasteiger partial charge in [0.15, 0.2) is 0 Å². The fourth-order valence-corrected chi connectivity index (χ4v) is 0.822. The van der Waals surface area contributed by atoms with Gasteiger partial charge in [-0.15, -0.1) is 0 Å². The van der Waals surface area contributed by atoms with Gasteiger partial charge in [0.05, 0.1) is 5.16 Å². The second-order valence-corrected chi connectivity index (χ2v) is 2.04. The van der Waals surface area contributed by atoms with Crippen molar-refractivity contribution in [3.05, 3.63) is 26.0 Å². The fraction of sp³-hybridized carbons (Fsp3) is 0. The van der Waals surface area contributed by atoms with Crippen LogP contribution < -0.4 is 16.2 Å². The van der Waals surface area contributed by atoms with Crippen molar-refractivity contribution in [1.82, 2.24) is 15.1 Å². The molecule has 0 saturated heterocycles. The average Bonchev–Trinajstić information content (AvgIpc) is 2.31. The predicted octanol–water partition coefficient (Wildman–Crippen LogP) is -2.16. The van der Waals surface area contributed by atoms with Gasteiger partial charge in [0.1, 0.15) is 0 Å². The summed E-state index contributed by atoms with van der Waals surface area (Å²) in [5.41, 5.74) is -2.08. The van der Waals surface area contributed by atoms with Crippen molar-refractivity contribution in [3.63, 3.8) is 0 Å². The van der Waals surface area contributed by atoms with Gasteiger partial charge in [-0.2, -0.15) is 0 Å².